The van der Waals surface area contributed by atoms with Crippen LogP contribution in [-0.4, -0.2) is 42.0 Å². The molecule has 5 nitrogen and oxygen atoms in total. The van der Waals surface area contributed by atoms with Crippen LogP contribution in [0.4, 0.5) is 0 Å². The third-order valence-corrected chi connectivity index (χ3v) is 2.98. The number of H-pyrrole nitrogens is 1. The molecule has 100 valence electrons. The van der Waals surface area contributed by atoms with Gasteiger partial charge in [0.25, 0.3) is 5.91 Å². The SMILES string of the molecule is CCCN(CC(=O)OC)C(=O)c1cc(Cl)c(Cl)[nH]1. The van der Waals surface area contributed by atoms with E-state index in [-0.39, 0.29) is 28.3 Å². The van der Waals surface area contributed by atoms with Gasteiger partial charge in [-0.3, -0.25) is 9.59 Å². The van der Waals surface area contributed by atoms with Crippen LogP contribution in [0.25, 0.3) is 0 Å². The van der Waals surface area contributed by atoms with E-state index in [1.54, 1.807) is 0 Å². The molecule has 0 aliphatic heterocycles. The Bertz CT molecular complexity index is 426. The molecule has 0 saturated carbocycles. The Balaban J connectivity index is 2.84. The van der Waals surface area contributed by atoms with Crippen LogP contribution in [0.2, 0.25) is 10.2 Å². The molecule has 0 saturated heterocycles. The maximum atomic E-state index is 12.1. The second-order valence-corrected chi connectivity index (χ2v) is 4.43. The molecule has 1 heterocycles. The first kappa shape index (κ1) is 14.9. The summed E-state index contributed by atoms with van der Waals surface area (Å²) in [4.78, 5) is 27.4. The third kappa shape index (κ3) is 3.65. The van der Waals surface area contributed by atoms with E-state index in [0.717, 1.165) is 6.42 Å². The van der Waals surface area contributed by atoms with E-state index in [1.165, 1.54) is 18.1 Å². The van der Waals surface area contributed by atoms with Crippen molar-refractivity contribution in [3.63, 3.8) is 0 Å². The minimum atomic E-state index is -0.472. The smallest absolute Gasteiger partial charge is 0.325 e. The highest BCUT2D eigenvalue weighted by Crippen LogP contribution is 2.22. The van der Waals surface area contributed by atoms with Gasteiger partial charge in [0, 0.05) is 6.54 Å². The molecule has 0 fully saturated rings. The third-order valence-electron chi connectivity index (χ3n) is 2.28. The monoisotopic (exact) mass is 292 g/mol. The van der Waals surface area contributed by atoms with Crippen LogP contribution in [0.1, 0.15) is 23.8 Å². The van der Waals surface area contributed by atoms with Crippen molar-refractivity contribution in [1.82, 2.24) is 9.88 Å². The molecule has 0 spiro atoms. The first-order valence-electron chi connectivity index (χ1n) is 5.39. The van der Waals surface area contributed by atoms with Crippen molar-refractivity contribution in [3.8, 4) is 0 Å². The van der Waals surface area contributed by atoms with E-state index in [2.05, 4.69) is 9.72 Å². The van der Waals surface area contributed by atoms with Gasteiger partial charge in [-0.25, -0.2) is 0 Å². The molecule has 0 aliphatic carbocycles. The molecule has 18 heavy (non-hydrogen) atoms. The lowest BCUT2D eigenvalue weighted by atomic mass is 10.3. The van der Waals surface area contributed by atoms with Gasteiger partial charge >= 0.3 is 5.97 Å². The normalized spacial score (nSPS) is 10.2. The molecule has 0 radical (unpaired) electrons. The molecule has 1 N–H and O–H groups in total. The maximum absolute atomic E-state index is 12.1. The summed E-state index contributed by atoms with van der Waals surface area (Å²) in [6, 6.07) is 1.44. The number of nitrogens with zero attached hydrogens (tertiary/aromatic N) is 1. The van der Waals surface area contributed by atoms with Crippen molar-refractivity contribution in [3.05, 3.63) is 21.9 Å². The number of methoxy groups -OCH3 is 1. The number of aromatic nitrogens is 1. The van der Waals surface area contributed by atoms with Crippen molar-refractivity contribution in [2.45, 2.75) is 13.3 Å². The second kappa shape index (κ2) is 6.66. The fraction of sp³-hybridized carbons (Fsp3) is 0.455. The highest BCUT2D eigenvalue weighted by molar-refractivity contribution is 6.41. The number of halogens is 2. The molecular weight excluding hydrogens is 279 g/mol. The Morgan fingerprint density at radius 2 is 2.11 bits per heavy atom. The van der Waals surface area contributed by atoms with Crippen molar-refractivity contribution in [2.24, 2.45) is 0 Å². The fourth-order valence-electron chi connectivity index (χ4n) is 1.43. The van der Waals surface area contributed by atoms with E-state index in [1.807, 2.05) is 6.92 Å². The van der Waals surface area contributed by atoms with Gasteiger partial charge in [0.1, 0.15) is 17.4 Å². The van der Waals surface area contributed by atoms with Gasteiger partial charge in [0.05, 0.1) is 12.1 Å². The average molecular weight is 293 g/mol. The number of carbonyl (C=O) groups is 2. The summed E-state index contributed by atoms with van der Waals surface area (Å²) < 4.78 is 4.55. The summed E-state index contributed by atoms with van der Waals surface area (Å²) in [6.45, 7) is 2.26. The van der Waals surface area contributed by atoms with E-state index in [4.69, 9.17) is 23.2 Å². The molecule has 7 heteroatoms. The number of carbonyl (C=O) groups excluding carboxylic acids is 2. The summed E-state index contributed by atoms with van der Waals surface area (Å²) in [5, 5.41) is 0.476. The van der Waals surface area contributed by atoms with Crippen LogP contribution < -0.4 is 0 Å². The topological polar surface area (TPSA) is 62.4 Å². The number of hydrogen-bond acceptors (Lipinski definition) is 3. The van der Waals surface area contributed by atoms with Crippen molar-refractivity contribution >= 4 is 35.1 Å². The van der Waals surface area contributed by atoms with Gasteiger partial charge in [-0.2, -0.15) is 0 Å². The van der Waals surface area contributed by atoms with Gasteiger partial charge in [0.2, 0.25) is 0 Å². The zero-order valence-electron chi connectivity index (χ0n) is 10.1. The summed E-state index contributed by atoms with van der Waals surface area (Å²) in [6.07, 6.45) is 0.727. The Morgan fingerprint density at radius 1 is 1.44 bits per heavy atom. The predicted octanol–water partition coefficient (Wildman–Crippen LogP) is 2.35. The lowest BCUT2D eigenvalue weighted by Crippen LogP contribution is -2.37. The second-order valence-electron chi connectivity index (χ2n) is 3.65. The van der Waals surface area contributed by atoms with Crippen LogP contribution in [0.3, 0.4) is 0 Å². The van der Waals surface area contributed by atoms with Crippen LogP contribution in [0.5, 0.6) is 0 Å². The largest absolute Gasteiger partial charge is 0.468 e. The number of hydrogen-bond donors (Lipinski definition) is 1. The summed E-state index contributed by atoms with van der Waals surface area (Å²) in [5.41, 5.74) is 0.252. The predicted molar refractivity (Wildman–Crippen MR) is 69.0 cm³/mol. The van der Waals surface area contributed by atoms with Gasteiger partial charge in [0.15, 0.2) is 0 Å². The quantitative estimate of drug-likeness (QED) is 0.848. The maximum Gasteiger partial charge on any atom is 0.325 e. The molecule has 0 bridgehead atoms. The van der Waals surface area contributed by atoms with Crippen LogP contribution in [0, 0.1) is 0 Å². The van der Waals surface area contributed by atoms with Crippen molar-refractivity contribution < 1.29 is 14.3 Å². The minimum absolute atomic E-state index is 0.0998. The molecule has 1 amide bonds. The fourth-order valence-corrected chi connectivity index (χ4v) is 1.75. The van der Waals surface area contributed by atoms with E-state index < -0.39 is 5.97 Å². The minimum Gasteiger partial charge on any atom is -0.468 e. The van der Waals surface area contributed by atoms with Crippen LogP contribution >= 0.6 is 23.2 Å². The van der Waals surface area contributed by atoms with Gasteiger partial charge < -0.3 is 14.6 Å². The summed E-state index contributed by atoms with van der Waals surface area (Å²) in [5.74, 6) is -0.809. The van der Waals surface area contributed by atoms with Gasteiger partial charge in [-0.05, 0) is 12.5 Å². The first-order valence-corrected chi connectivity index (χ1v) is 6.15. The molecule has 0 atom stereocenters. The standard InChI is InChI=1S/C11H14Cl2N2O3/c1-3-4-15(6-9(16)18-2)11(17)8-5-7(12)10(13)14-8/h5,14H,3-4,6H2,1-2H3. The van der Waals surface area contributed by atoms with Crippen LogP contribution in [-0.2, 0) is 9.53 Å². The Morgan fingerprint density at radius 3 is 2.56 bits per heavy atom. The zero-order chi connectivity index (χ0) is 13.7. The highest BCUT2D eigenvalue weighted by Gasteiger charge is 2.20. The van der Waals surface area contributed by atoms with Gasteiger partial charge in [-0.1, -0.05) is 30.1 Å². The van der Waals surface area contributed by atoms with Gasteiger partial charge in [-0.15, -0.1) is 0 Å². The molecule has 0 unspecified atom stereocenters. The Labute approximate surface area is 115 Å². The first-order chi connectivity index (χ1) is 8.49. The van der Waals surface area contributed by atoms with Crippen molar-refractivity contribution in [2.75, 3.05) is 20.2 Å². The average Bonchev–Trinajstić information content (AvgIpc) is 2.68. The molecule has 0 aromatic carbocycles. The van der Waals surface area contributed by atoms with E-state index in [0.29, 0.717) is 6.54 Å². The number of esters is 1. The molecule has 0 aliphatic rings. The molecule has 1 rings (SSSR count). The van der Waals surface area contributed by atoms with Crippen molar-refractivity contribution in [1.29, 1.82) is 0 Å². The van der Waals surface area contributed by atoms with Crippen LogP contribution in [0.15, 0.2) is 6.07 Å². The zero-order valence-corrected chi connectivity index (χ0v) is 11.6. The number of ether oxygens (including phenoxy) is 1. The van der Waals surface area contributed by atoms with E-state index >= 15 is 0 Å². The Hall–Kier alpha value is -1.20. The summed E-state index contributed by atoms with van der Waals surface area (Å²) in [7, 11) is 1.28. The Kier molecular flexibility index (Phi) is 5.50. The molecule has 1 aromatic heterocycles. The molecular formula is C11H14Cl2N2O3. The van der Waals surface area contributed by atoms with E-state index in [9.17, 15) is 9.59 Å². The lowest BCUT2D eigenvalue weighted by Gasteiger charge is -2.19. The molecule has 1 aromatic rings. The highest BCUT2D eigenvalue weighted by atomic mass is 35.5. The number of nitrogens with one attached hydrogen (secondary N) is 1. The number of aromatic amines is 1. The number of rotatable bonds is 5. The summed E-state index contributed by atoms with van der Waals surface area (Å²) >= 11 is 11.5. The number of amides is 1. The lowest BCUT2D eigenvalue weighted by molar-refractivity contribution is -0.141.